The first-order chi connectivity index (χ1) is 14.8. The highest BCUT2D eigenvalue weighted by atomic mass is 35.5. The van der Waals surface area contributed by atoms with Gasteiger partial charge in [0.15, 0.2) is 0 Å². The Morgan fingerprint density at radius 1 is 1.03 bits per heavy atom. The molecule has 0 saturated carbocycles. The van der Waals surface area contributed by atoms with Gasteiger partial charge in [-0.15, -0.1) is 0 Å². The highest BCUT2D eigenvalue weighted by Crippen LogP contribution is 2.40. The maximum Gasteiger partial charge on any atom is 0.416 e. The van der Waals surface area contributed by atoms with Crippen LogP contribution >= 0.6 is 11.6 Å². The van der Waals surface area contributed by atoms with Gasteiger partial charge in [0.2, 0.25) is 0 Å². The molecule has 2 aromatic carbocycles. The fourth-order valence-electron chi connectivity index (χ4n) is 4.14. The minimum absolute atomic E-state index is 0.0430. The third-order valence-corrected chi connectivity index (χ3v) is 5.89. The molecular weight excluding hydrogens is 460 g/mol. The smallest absolute Gasteiger partial charge is 0.416 e. The fraction of sp³-hybridized carbons (Fsp3) is 0.409. The Morgan fingerprint density at radius 3 is 2.25 bits per heavy atom. The summed E-state index contributed by atoms with van der Waals surface area (Å²) in [5.74, 6) is -1.23. The topological polar surface area (TPSA) is 40.5 Å². The van der Waals surface area contributed by atoms with Crippen molar-refractivity contribution in [3.8, 4) is 0 Å². The molecule has 2 atom stereocenters. The van der Waals surface area contributed by atoms with Crippen LogP contribution in [0.2, 0.25) is 5.02 Å². The molecule has 0 amide bonds. The van der Waals surface area contributed by atoms with Gasteiger partial charge in [-0.25, -0.2) is 0 Å². The Morgan fingerprint density at radius 2 is 1.69 bits per heavy atom. The summed E-state index contributed by atoms with van der Waals surface area (Å²) < 4.78 is 79.2. The first kappa shape index (κ1) is 24.4. The largest absolute Gasteiger partial charge is 0.481 e. The Balaban J connectivity index is 1.93. The number of hydrogen-bond donors (Lipinski definition) is 1. The van der Waals surface area contributed by atoms with Crippen molar-refractivity contribution in [3.05, 3.63) is 69.7 Å². The summed E-state index contributed by atoms with van der Waals surface area (Å²) in [5, 5.41) is 9.27. The molecule has 1 saturated heterocycles. The van der Waals surface area contributed by atoms with Crippen molar-refractivity contribution in [3.63, 3.8) is 0 Å². The van der Waals surface area contributed by atoms with E-state index in [1.54, 1.807) is 4.90 Å². The van der Waals surface area contributed by atoms with Gasteiger partial charge in [0, 0.05) is 24.0 Å². The van der Waals surface area contributed by atoms with Gasteiger partial charge in [-0.2, -0.15) is 26.3 Å². The molecule has 0 radical (unpaired) electrons. The lowest BCUT2D eigenvalue weighted by molar-refractivity contribution is -0.140. The number of piperidine rings is 1. The van der Waals surface area contributed by atoms with E-state index in [1.807, 2.05) is 0 Å². The predicted molar refractivity (Wildman–Crippen MR) is 106 cm³/mol. The van der Waals surface area contributed by atoms with Crippen molar-refractivity contribution in [1.82, 2.24) is 4.90 Å². The second-order valence-electron chi connectivity index (χ2n) is 7.89. The van der Waals surface area contributed by atoms with Crippen molar-refractivity contribution < 1.29 is 36.2 Å². The number of likely N-dealkylation sites (tertiary alicyclic amines) is 1. The third kappa shape index (κ3) is 5.95. The molecule has 0 spiro atoms. The van der Waals surface area contributed by atoms with Gasteiger partial charge < -0.3 is 5.11 Å². The zero-order valence-electron chi connectivity index (χ0n) is 16.7. The molecule has 0 aromatic heterocycles. The molecule has 0 unspecified atom stereocenters. The number of carbonyl (C=O) groups is 1. The quantitative estimate of drug-likeness (QED) is 0.479. The summed E-state index contributed by atoms with van der Waals surface area (Å²) in [6.07, 6.45) is -8.47. The van der Waals surface area contributed by atoms with E-state index >= 15 is 0 Å². The van der Waals surface area contributed by atoms with E-state index in [4.69, 9.17) is 16.7 Å². The second-order valence-corrected chi connectivity index (χ2v) is 8.33. The molecule has 1 fully saturated rings. The molecule has 2 aromatic rings. The molecule has 3 rings (SSSR count). The van der Waals surface area contributed by atoms with Gasteiger partial charge in [0.25, 0.3) is 0 Å². The Labute approximate surface area is 185 Å². The van der Waals surface area contributed by atoms with E-state index in [0.717, 1.165) is 24.3 Å². The van der Waals surface area contributed by atoms with E-state index in [-0.39, 0.29) is 29.5 Å². The lowest BCUT2D eigenvalue weighted by Gasteiger charge is -2.40. The Kier molecular flexibility index (Phi) is 7.09. The van der Waals surface area contributed by atoms with Crippen LogP contribution in [-0.4, -0.2) is 22.5 Å². The zero-order chi connectivity index (χ0) is 23.7. The molecule has 174 valence electrons. The SMILES string of the molecule is O=C(O)C[C@@H]1CCN(Cc2cc(Cl)ccc2C(F)(F)F)[C@H](c2ccc(C(F)(F)F)cc2)C1. The van der Waals surface area contributed by atoms with E-state index in [0.29, 0.717) is 24.9 Å². The van der Waals surface area contributed by atoms with E-state index in [9.17, 15) is 31.1 Å². The maximum absolute atomic E-state index is 13.5. The molecule has 32 heavy (non-hydrogen) atoms. The van der Waals surface area contributed by atoms with Crippen molar-refractivity contribution in [2.45, 2.75) is 44.2 Å². The number of carboxylic acid groups (broad SMARTS) is 1. The van der Waals surface area contributed by atoms with Crippen LogP contribution in [0.4, 0.5) is 26.3 Å². The number of alkyl halides is 6. The highest BCUT2D eigenvalue weighted by Gasteiger charge is 2.36. The Hall–Kier alpha value is -2.26. The summed E-state index contributed by atoms with van der Waals surface area (Å²) in [7, 11) is 0. The first-order valence-electron chi connectivity index (χ1n) is 9.83. The van der Waals surface area contributed by atoms with Crippen molar-refractivity contribution in [2.24, 2.45) is 5.92 Å². The van der Waals surface area contributed by atoms with Crippen LogP contribution in [0.15, 0.2) is 42.5 Å². The van der Waals surface area contributed by atoms with E-state index < -0.39 is 35.5 Å². The van der Waals surface area contributed by atoms with E-state index in [2.05, 4.69) is 0 Å². The molecular formula is C22H20ClF6NO2. The number of hydrogen-bond acceptors (Lipinski definition) is 2. The summed E-state index contributed by atoms with van der Waals surface area (Å²) in [6, 6.07) is 7.21. The van der Waals surface area contributed by atoms with E-state index in [1.165, 1.54) is 18.2 Å². The molecule has 10 heteroatoms. The lowest BCUT2D eigenvalue weighted by atomic mass is 9.84. The van der Waals surface area contributed by atoms with Crippen LogP contribution in [0.5, 0.6) is 0 Å². The third-order valence-electron chi connectivity index (χ3n) is 5.65. The number of aliphatic carboxylic acids is 1. The molecule has 1 N–H and O–H groups in total. The summed E-state index contributed by atoms with van der Waals surface area (Å²) in [4.78, 5) is 12.9. The minimum atomic E-state index is -4.59. The first-order valence-corrected chi connectivity index (χ1v) is 10.2. The number of benzene rings is 2. The standard InChI is InChI=1S/C22H20ClF6NO2/c23-17-5-6-18(22(27,28)29)15(11-17)12-30-8-7-13(10-20(31)32)9-19(30)14-1-3-16(4-2-14)21(24,25)26/h1-6,11,13,19H,7-10,12H2,(H,31,32)/t13-,19+/m1/s1. The summed E-state index contributed by atoms with van der Waals surface area (Å²) in [5.41, 5.74) is -1.22. The number of nitrogens with zero attached hydrogens (tertiary/aromatic N) is 1. The van der Waals surface area contributed by atoms with Gasteiger partial charge in [-0.3, -0.25) is 9.69 Å². The van der Waals surface area contributed by atoms with Crippen LogP contribution in [0.25, 0.3) is 0 Å². The van der Waals surface area contributed by atoms with Crippen molar-refractivity contribution in [2.75, 3.05) is 6.54 Å². The van der Waals surface area contributed by atoms with Gasteiger partial charge in [0.05, 0.1) is 11.1 Å². The summed E-state index contributed by atoms with van der Waals surface area (Å²) in [6.45, 7) is 0.175. The molecule has 1 aliphatic heterocycles. The second kappa shape index (κ2) is 9.31. The van der Waals surface area contributed by atoms with Gasteiger partial charge in [-0.05, 0) is 66.8 Å². The molecule has 0 bridgehead atoms. The van der Waals surface area contributed by atoms with Crippen LogP contribution < -0.4 is 0 Å². The predicted octanol–water partition coefficient (Wildman–Crippen LogP) is 6.81. The number of halogens is 7. The molecule has 1 aliphatic rings. The Bertz CT molecular complexity index is 958. The van der Waals surface area contributed by atoms with Crippen molar-refractivity contribution >= 4 is 17.6 Å². The molecule has 1 heterocycles. The average Bonchev–Trinajstić information content (AvgIpc) is 2.67. The number of carboxylic acids is 1. The minimum Gasteiger partial charge on any atom is -0.481 e. The molecule has 3 nitrogen and oxygen atoms in total. The normalized spacial score (nSPS) is 20.3. The lowest BCUT2D eigenvalue weighted by Crippen LogP contribution is -2.37. The van der Waals surface area contributed by atoms with Crippen LogP contribution in [0, 0.1) is 5.92 Å². The van der Waals surface area contributed by atoms with Crippen LogP contribution in [0.1, 0.15) is 47.6 Å². The van der Waals surface area contributed by atoms with Gasteiger partial charge in [0.1, 0.15) is 0 Å². The van der Waals surface area contributed by atoms with Crippen LogP contribution in [-0.2, 0) is 23.7 Å². The monoisotopic (exact) mass is 479 g/mol. The summed E-state index contributed by atoms with van der Waals surface area (Å²) >= 11 is 5.92. The highest BCUT2D eigenvalue weighted by molar-refractivity contribution is 6.30. The van der Waals surface area contributed by atoms with Gasteiger partial charge >= 0.3 is 18.3 Å². The molecule has 0 aliphatic carbocycles. The van der Waals surface area contributed by atoms with Crippen molar-refractivity contribution in [1.29, 1.82) is 0 Å². The van der Waals surface area contributed by atoms with Crippen LogP contribution in [0.3, 0.4) is 0 Å². The average molecular weight is 480 g/mol. The maximum atomic E-state index is 13.5. The fourth-order valence-corrected chi connectivity index (χ4v) is 4.33. The van der Waals surface area contributed by atoms with Gasteiger partial charge in [-0.1, -0.05) is 23.7 Å². The number of rotatable bonds is 5. The zero-order valence-corrected chi connectivity index (χ0v) is 17.4.